The maximum absolute atomic E-state index is 14.4. The van der Waals surface area contributed by atoms with Gasteiger partial charge in [-0.1, -0.05) is 60.7 Å². The molecule has 3 heterocycles. The van der Waals surface area contributed by atoms with Crippen molar-refractivity contribution in [2.75, 3.05) is 4.90 Å². The van der Waals surface area contributed by atoms with E-state index in [9.17, 15) is 14.7 Å². The van der Waals surface area contributed by atoms with Crippen molar-refractivity contribution >= 4 is 61.2 Å². The second-order valence-corrected chi connectivity index (χ2v) is 9.72. The Balaban J connectivity index is 1.55. The Morgan fingerprint density at radius 1 is 0.632 bits per heavy atom. The first kappa shape index (κ1) is 22.1. The van der Waals surface area contributed by atoms with Crippen LogP contribution in [0, 0.1) is 13.8 Å². The summed E-state index contributed by atoms with van der Waals surface area (Å²) >= 11 is 0. The fourth-order valence-corrected chi connectivity index (χ4v) is 5.81. The number of phenols is 1. The first-order chi connectivity index (χ1) is 18.4. The van der Waals surface area contributed by atoms with E-state index in [1.54, 1.807) is 12.1 Å². The second kappa shape index (κ2) is 7.95. The van der Waals surface area contributed by atoms with E-state index in [2.05, 4.69) is 9.97 Å². The molecule has 0 fully saturated rings. The Labute approximate surface area is 217 Å². The third kappa shape index (κ3) is 3.00. The number of hydrogen-bond acceptors (Lipinski definition) is 3. The van der Waals surface area contributed by atoms with Crippen molar-refractivity contribution in [3.63, 3.8) is 0 Å². The molecule has 0 spiro atoms. The molecule has 0 atom stereocenters. The highest BCUT2D eigenvalue weighted by Gasteiger charge is 2.44. The van der Waals surface area contributed by atoms with Crippen LogP contribution in [0.5, 0.6) is 5.75 Å². The normalized spacial score (nSPS) is 14.1. The van der Waals surface area contributed by atoms with Gasteiger partial charge in [0, 0.05) is 44.3 Å². The van der Waals surface area contributed by atoms with E-state index in [1.165, 1.54) is 0 Å². The molecule has 6 nitrogen and oxygen atoms in total. The summed E-state index contributed by atoms with van der Waals surface area (Å²) in [6, 6.07) is 26.4. The lowest BCUT2D eigenvalue weighted by molar-refractivity contribution is -0.119. The highest BCUT2D eigenvalue weighted by atomic mass is 16.3. The Bertz CT molecular complexity index is 1910. The van der Waals surface area contributed by atoms with Crippen molar-refractivity contribution in [3.8, 4) is 5.75 Å². The summed E-state index contributed by atoms with van der Waals surface area (Å²) in [5.74, 6) is -1.06. The maximum atomic E-state index is 14.4. The number of amides is 2. The first-order valence-corrected chi connectivity index (χ1v) is 12.4. The molecule has 2 amide bonds. The fraction of sp³-hybridized carbons (Fsp3) is 0.0625. The summed E-state index contributed by atoms with van der Waals surface area (Å²) in [5.41, 5.74) is 5.56. The van der Waals surface area contributed by atoms with Crippen LogP contribution in [0.2, 0.25) is 0 Å². The van der Waals surface area contributed by atoms with Gasteiger partial charge in [-0.05, 0) is 48.9 Å². The lowest BCUT2D eigenvalue weighted by Gasteiger charge is -2.18. The lowest BCUT2D eigenvalue weighted by atomic mass is 9.93. The highest BCUT2D eigenvalue weighted by molar-refractivity contribution is 6.58. The minimum absolute atomic E-state index is 0.128. The molecule has 1 aliphatic heterocycles. The number of benzene rings is 4. The number of aryl methyl sites for hydroxylation is 2. The molecule has 0 saturated carbocycles. The van der Waals surface area contributed by atoms with E-state index in [0.717, 1.165) is 48.9 Å². The van der Waals surface area contributed by atoms with Crippen molar-refractivity contribution in [3.05, 3.63) is 107 Å². The summed E-state index contributed by atoms with van der Waals surface area (Å²) in [5, 5.41) is 14.4. The van der Waals surface area contributed by atoms with Gasteiger partial charge in [-0.2, -0.15) is 0 Å². The molecular weight excluding hydrogens is 474 g/mol. The Morgan fingerprint density at radius 3 is 1.61 bits per heavy atom. The third-order valence-corrected chi connectivity index (χ3v) is 7.45. The van der Waals surface area contributed by atoms with Crippen molar-refractivity contribution in [2.45, 2.75) is 13.8 Å². The van der Waals surface area contributed by atoms with Crippen LogP contribution in [0.1, 0.15) is 22.5 Å². The number of rotatable bonds is 3. The number of carbonyl (C=O) groups excluding carboxylic acids is 2. The largest absolute Gasteiger partial charge is 0.506 e. The summed E-state index contributed by atoms with van der Waals surface area (Å²) in [6.45, 7) is 3.83. The zero-order chi connectivity index (χ0) is 26.1. The molecule has 6 heteroatoms. The van der Waals surface area contributed by atoms with E-state index in [0.29, 0.717) is 22.3 Å². The van der Waals surface area contributed by atoms with E-state index in [4.69, 9.17) is 0 Å². The molecule has 3 N–H and O–H groups in total. The van der Waals surface area contributed by atoms with E-state index < -0.39 is 11.8 Å². The van der Waals surface area contributed by atoms with Crippen molar-refractivity contribution in [1.29, 1.82) is 0 Å². The number of carbonyl (C=O) groups is 2. The molecule has 2 aromatic heterocycles. The zero-order valence-electron chi connectivity index (χ0n) is 20.8. The molecule has 0 unspecified atom stereocenters. The molecule has 0 saturated heterocycles. The number of nitrogens with zero attached hydrogens (tertiary/aromatic N) is 1. The number of phenolic OH excluding ortho intramolecular Hbond substituents is 1. The minimum atomic E-state index is -0.465. The van der Waals surface area contributed by atoms with Gasteiger partial charge in [0.1, 0.15) is 5.75 Å². The van der Waals surface area contributed by atoms with Crippen LogP contribution in [-0.2, 0) is 9.59 Å². The monoisotopic (exact) mass is 497 g/mol. The van der Waals surface area contributed by atoms with Gasteiger partial charge in [-0.25, -0.2) is 4.90 Å². The molecule has 38 heavy (non-hydrogen) atoms. The summed E-state index contributed by atoms with van der Waals surface area (Å²) in [6.07, 6.45) is 0. The van der Waals surface area contributed by atoms with Crippen molar-refractivity contribution < 1.29 is 14.7 Å². The number of anilines is 1. The van der Waals surface area contributed by atoms with Gasteiger partial charge in [0.15, 0.2) is 0 Å². The van der Waals surface area contributed by atoms with Crippen LogP contribution in [0.25, 0.3) is 43.7 Å². The van der Waals surface area contributed by atoms with E-state index in [-0.39, 0.29) is 11.4 Å². The number of imide groups is 1. The van der Waals surface area contributed by atoms with Crippen LogP contribution in [0.3, 0.4) is 0 Å². The third-order valence-electron chi connectivity index (χ3n) is 7.45. The summed E-state index contributed by atoms with van der Waals surface area (Å²) in [7, 11) is 0. The van der Waals surface area contributed by atoms with Gasteiger partial charge >= 0.3 is 0 Å². The van der Waals surface area contributed by atoms with Crippen LogP contribution in [-0.4, -0.2) is 26.9 Å². The van der Waals surface area contributed by atoms with Crippen molar-refractivity contribution in [2.24, 2.45) is 0 Å². The number of fused-ring (bicyclic) bond motifs is 3. The summed E-state index contributed by atoms with van der Waals surface area (Å²) in [4.78, 5) is 36.6. The zero-order valence-corrected chi connectivity index (χ0v) is 20.8. The summed E-state index contributed by atoms with van der Waals surface area (Å²) < 4.78 is 0. The quantitative estimate of drug-likeness (QED) is 0.240. The SMILES string of the molecule is Cc1[nH]c2ccccc2c1C1=C(c2c(C)[nH]c3ccccc23)C(=O)N(c2cc3ccccc3cc2O)C1=O. The van der Waals surface area contributed by atoms with Crippen LogP contribution in [0.15, 0.2) is 84.9 Å². The van der Waals surface area contributed by atoms with Crippen LogP contribution in [0.4, 0.5) is 5.69 Å². The van der Waals surface area contributed by atoms with E-state index in [1.807, 2.05) is 86.6 Å². The molecule has 7 rings (SSSR count). The Kier molecular flexibility index (Phi) is 4.63. The van der Waals surface area contributed by atoms with Gasteiger partial charge in [0.25, 0.3) is 11.8 Å². The van der Waals surface area contributed by atoms with Crippen molar-refractivity contribution in [1.82, 2.24) is 9.97 Å². The highest BCUT2D eigenvalue weighted by Crippen LogP contribution is 2.46. The number of hydrogen-bond donors (Lipinski definition) is 3. The van der Waals surface area contributed by atoms with E-state index >= 15 is 0 Å². The topological polar surface area (TPSA) is 89.2 Å². The Hall–Kier alpha value is -5.10. The molecule has 1 aliphatic rings. The number of aromatic nitrogens is 2. The lowest BCUT2D eigenvalue weighted by Crippen LogP contribution is -2.31. The minimum Gasteiger partial charge on any atom is -0.506 e. The molecule has 0 radical (unpaired) electrons. The number of aromatic hydroxyl groups is 1. The predicted molar refractivity (Wildman–Crippen MR) is 151 cm³/mol. The van der Waals surface area contributed by atoms with Crippen LogP contribution < -0.4 is 4.90 Å². The molecule has 4 aromatic carbocycles. The first-order valence-electron chi connectivity index (χ1n) is 12.4. The predicted octanol–water partition coefficient (Wildman–Crippen LogP) is 6.61. The Morgan fingerprint density at radius 2 is 1.08 bits per heavy atom. The number of aromatic amines is 2. The fourth-order valence-electron chi connectivity index (χ4n) is 5.81. The smallest absolute Gasteiger partial charge is 0.266 e. The number of H-pyrrole nitrogens is 2. The number of para-hydroxylation sites is 2. The van der Waals surface area contributed by atoms with Crippen LogP contribution >= 0.6 is 0 Å². The van der Waals surface area contributed by atoms with Gasteiger partial charge < -0.3 is 15.1 Å². The molecule has 0 bridgehead atoms. The number of nitrogens with one attached hydrogen (secondary N) is 2. The average molecular weight is 498 g/mol. The molecule has 184 valence electrons. The average Bonchev–Trinajstić information content (AvgIpc) is 3.50. The molecular formula is C32H23N3O3. The van der Waals surface area contributed by atoms with Gasteiger partial charge in [0.2, 0.25) is 0 Å². The maximum Gasteiger partial charge on any atom is 0.266 e. The van der Waals surface area contributed by atoms with Gasteiger partial charge in [0.05, 0.1) is 16.8 Å². The standard InChI is InChI=1S/C32H23N3O3/c1-17-27(21-11-5-7-13-23(21)33-17)29-30(28-18(2)34-24-14-8-6-12-22(24)28)32(38)35(31(29)37)25-15-19-9-3-4-10-20(19)16-26(25)36/h3-16,33-34,36H,1-2H3. The molecule has 0 aliphatic carbocycles. The second-order valence-electron chi connectivity index (χ2n) is 9.72. The van der Waals surface area contributed by atoms with Gasteiger partial charge in [-0.15, -0.1) is 0 Å². The van der Waals surface area contributed by atoms with Gasteiger partial charge in [-0.3, -0.25) is 9.59 Å². The molecule has 6 aromatic rings.